The van der Waals surface area contributed by atoms with Gasteiger partial charge in [-0.15, -0.1) is 0 Å². The SMILES string of the molecule is [C-]#[N+]c1cccc(NC(=O)Nc2cc(CC(=O)c3ccc(Cl)cc3)ccc2-n2nc(C)cc2C)c1. The van der Waals surface area contributed by atoms with E-state index in [-0.39, 0.29) is 12.2 Å². The quantitative estimate of drug-likeness (QED) is 0.235. The summed E-state index contributed by atoms with van der Waals surface area (Å²) in [5.41, 5.74) is 5.13. The van der Waals surface area contributed by atoms with Crippen LogP contribution in [0.1, 0.15) is 27.3 Å². The molecule has 0 atom stereocenters. The summed E-state index contributed by atoms with van der Waals surface area (Å²) in [7, 11) is 0. The number of Topliss-reactive ketones (excluding diaryl/α,β-unsaturated/α-hetero) is 1. The minimum Gasteiger partial charge on any atom is -0.309 e. The van der Waals surface area contributed by atoms with Gasteiger partial charge in [0.1, 0.15) is 0 Å². The zero-order chi connectivity index (χ0) is 24.9. The Kier molecular flexibility index (Phi) is 6.95. The first-order valence-corrected chi connectivity index (χ1v) is 11.2. The number of hydrogen-bond acceptors (Lipinski definition) is 3. The maximum Gasteiger partial charge on any atom is 0.323 e. The predicted octanol–water partition coefficient (Wildman–Crippen LogP) is 6.76. The van der Waals surface area contributed by atoms with Crippen LogP contribution < -0.4 is 10.6 Å². The molecule has 0 aliphatic rings. The molecular weight excluding hydrogens is 462 g/mol. The second-order valence-electron chi connectivity index (χ2n) is 8.04. The number of halogens is 1. The van der Waals surface area contributed by atoms with Crippen LogP contribution in [0.25, 0.3) is 10.5 Å². The average Bonchev–Trinajstić information content (AvgIpc) is 3.17. The van der Waals surface area contributed by atoms with Crippen molar-refractivity contribution in [2.45, 2.75) is 20.3 Å². The zero-order valence-corrected chi connectivity index (χ0v) is 19.9. The first-order valence-electron chi connectivity index (χ1n) is 10.8. The Balaban J connectivity index is 1.63. The molecule has 35 heavy (non-hydrogen) atoms. The molecule has 0 fully saturated rings. The van der Waals surface area contributed by atoms with E-state index in [1.807, 2.05) is 32.0 Å². The number of benzene rings is 3. The second kappa shape index (κ2) is 10.2. The molecular formula is C27H22ClN5O2. The van der Waals surface area contributed by atoms with Crippen LogP contribution in [0, 0.1) is 20.4 Å². The van der Waals surface area contributed by atoms with Crippen LogP contribution in [0.2, 0.25) is 5.02 Å². The summed E-state index contributed by atoms with van der Waals surface area (Å²) < 4.78 is 1.75. The van der Waals surface area contributed by atoms with Crippen molar-refractivity contribution in [1.29, 1.82) is 0 Å². The van der Waals surface area contributed by atoms with Gasteiger partial charge in [-0.25, -0.2) is 14.3 Å². The fourth-order valence-corrected chi connectivity index (χ4v) is 3.84. The Morgan fingerprint density at radius 3 is 2.46 bits per heavy atom. The minimum absolute atomic E-state index is 0.0631. The number of aryl methyl sites for hydroxylation is 2. The van der Waals surface area contributed by atoms with E-state index in [1.54, 1.807) is 59.3 Å². The summed E-state index contributed by atoms with van der Waals surface area (Å²) >= 11 is 5.93. The standard InChI is InChI=1S/C27H22ClN5O2/c1-17-13-18(2)33(32-17)25-12-7-19(15-26(34)20-8-10-21(28)11-9-20)14-24(25)31-27(35)30-23-6-4-5-22(16-23)29-3/h4-14,16H,15H2,1-2H3,(H2,30,31,35). The van der Waals surface area contributed by atoms with Crippen molar-refractivity contribution in [2.24, 2.45) is 0 Å². The fraction of sp³-hybridized carbons (Fsp3) is 0.111. The molecule has 0 aliphatic heterocycles. The number of hydrogen-bond donors (Lipinski definition) is 2. The van der Waals surface area contributed by atoms with Gasteiger partial charge in [0.15, 0.2) is 11.5 Å². The summed E-state index contributed by atoms with van der Waals surface area (Å²) in [6, 6.07) is 20.3. The highest BCUT2D eigenvalue weighted by atomic mass is 35.5. The third kappa shape index (κ3) is 5.75. The average molecular weight is 484 g/mol. The van der Waals surface area contributed by atoms with Crippen molar-refractivity contribution in [1.82, 2.24) is 9.78 Å². The molecule has 0 aliphatic carbocycles. The number of anilines is 2. The third-order valence-corrected chi connectivity index (χ3v) is 5.56. The second-order valence-corrected chi connectivity index (χ2v) is 8.47. The number of nitrogens with zero attached hydrogens (tertiary/aromatic N) is 3. The normalized spacial score (nSPS) is 10.5. The summed E-state index contributed by atoms with van der Waals surface area (Å²) in [4.78, 5) is 29.0. The number of aromatic nitrogens is 2. The van der Waals surface area contributed by atoms with E-state index in [4.69, 9.17) is 18.2 Å². The Bertz CT molecular complexity index is 1450. The lowest BCUT2D eigenvalue weighted by molar-refractivity contribution is 0.0993. The van der Waals surface area contributed by atoms with Gasteiger partial charge >= 0.3 is 6.03 Å². The van der Waals surface area contributed by atoms with Gasteiger partial charge in [-0.1, -0.05) is 29.8 Å². The first-order chi connectivity index (χ1) is 16.8. The lowest BCUT2D eigenvalue weighted by Crippen LogP contribution is -2.21. The van der Waals surface area contributed by atoms with Gasteiger partial charge < -0.3 is 10.6 Å². The van der Waals surface area contributed by atoms with Gasteiger partial charge in [-0.2, -0.15) is 5.10 Å². The molecule has 1 aromatic heterocycles. The van der Waals surface area contributed by atoms with Crippen molar-refractivity contribution in [3.63, 3.8) is 0 Å². The maximum absolute atomic E-state index is 12.8. The number of nitrogens with one attached hydrogen (secondary N) is 2. The minimum atomic E-state index is -0.476. The molecule has 1 heterocycles. The van der Waals surface area contributed by atoms with E-state index in [1.165, 1.54) is 0 Å². The summed E-state index contributed by atoms with van der Waals surface area (Å²) in [6.07, 6.45) is 0.155. The van der Waals surface area contributed by atoms with E-state index in [0.717, 1.165) is 17.0 Å². The van der Waals surface area contributed by atoms with Crippen molar-refractivity contribution in [3.8, 4) is 5.69 Å². The number of carbonyl (C=O) groups excluding carboxylic acids is 2. The molecule has 8 heteroatoms. The molecule has 174 valence electrons. The highest BCUT2D eigenvalue weighted by Crippen LogP contribution is 2.25. The summed E-state index contributed by atoms with van der Waals surface area (Å²) in [5.74, 6) is -0.0631. The lowest BCUT2D eigenvalue weighted by atomic mass is 10.0. The molecule has 3 aromatic carbocycles. The Labute approximate surface area is 208 Å². The van der Waals surface area contributed by atoms with Crippen molar-refractivity contribution in [2.75, 3.05) is 10.6 Å². The van der Waals surface area contributed by atoms with E-state index >= 15 is 0 Å². The van der Waals surface area contributed by atoms with E-state index < -0.39 is 6.03 Å². The molecule has 0 saturated heterocycles. The Hall–Kier alpha value is -4.41. The predicted molar refractivity (Wildman–Crippen MR) is 138 cm³/mol. The number of rotatable bonds is 6. The monoisotopic (exact) mass is 483 g/mol. The number of carbonyl (C=O) groups is 2. The lowest BCUT2D eigenvalue weighted by Gasteiger charge is -2.15. The van der Waals surface area contributed by atoms with Gasteiger partial charge in [0.05, 0.1) is 23.6 Å². The molecule has 0 unspecified atom stereocenters. The van der Waals surface area contributed by atoms with Crippen molar-refractivity contribution in [3.05, 3.63) is 112 Å². The van der Waals surface area contributed by atoms with Crippen LogP contribution in [0.4, 0.5) is 21.9 Å². The topological polar surface area (TPSA) is 80.4 Å². The maximum atomic E-state index is 12.8. The van der Waals surface area contributed by atoms with Crippen molar-refractivity contribution >= 4 is 40.5 Å². The summed E-state index contributed by atoms with van der Waals surface area (Å²) in [5, 5.41) is 10.7. The molecule has 0 radical (unpaired) electrons. The molecule has 7 nitrogen and oxygen atoms in total. The Morgan fingerprint density at radius 2 is 1.77 bits per heavy atom. The molecule has 2 N–H and O–H groups in total. The van der Waals surface area contributed by atoms with Crippen LogP contribution in [0.5, 0.6) is 0 Å². The largest absolute Gasteiger partial charge is 0.323 e. The van der Waals surface area contributed by atoms with Crippen molar-refractivity contribution < 1.29 is 9.59 Å². The van der Waals surface area contributed by atoms with Crippen LogP contribution in [-0.4, -0.2) is 21.6 Å². The van der Waals surface area contributed by atoms with Gasteiger partial charge in [0.25, 0.3) is 0 Å². The summed E-state index contributed by atoms with van der Waals surface area (Å²) in [6.45, 7) is 11.0. The van der Waals surface area contributed by atoms with Gasteiger partial charge in [-0.3, -0.25) is 4.79 Å². The number of amides is 2. The fourth-order valence-electron chi connectivity index (χ4n) is 3.71. The van der Waals surface area contributed by atoms with Crippen LogP contribution >= 0.6 is 11.6 Å². The zero-order valence-electron chi connectivity index (χ0n) is 19.2. The molecule has 2 amide bonds. The molecule has 0 bridgehead atoms. The molecule has 4 rings (SSSR count). The van der Waals surface area contributed by atoms with Gasteiger partial charge in [-0.05, 0) is 74.0 Å². The highest BCUT2D eigenvalue weighted by Gasteiger charge is 2.15. The Morgan fingerprint density at radius 1 is 1.00 bits per heavy atom. The van der Waals surface area contributed by atoms with Gasteiger partial charge in [0.2, 0.25) is 0 Å². The van der Waals surface area contributed by atoms with E-state index in [2.05, 4.69) is 20.6 Å². The number of urea groups is 1. The van der Waals surface area contributed by atoms with E-state index in [9.17, 15) is 9.59 Å². The van der Waals surface area contributed by atoms with Crippen LogP contribution in [-0.2, 0) is 6.42 Å². The molecule has 4 aromatic rings. The number of ketones is 1. The van der Waals surface area contributed by atoms with Gasteiger partial charge in [0, 0.05) is 28.4 Å². The first kappa shape index (κ1) is 23.7. The van der Waals surface area contributed by atoms with Crippen LogP contribution in [0.3, 0.4) is 0 Å². The van der Waals surface area contributed by atoms with E-state index in [0.29, 0.717) is 33.3 Å². The highest BCUT2D eigenvalue weighted by molar-refractivity contribution is 6.30. The smallest absolute Gasteiger partial charge is 0.309 e. The molecule has 0 spiro atoms. The van der Waals surface area contributed by atoms with Crippen LogP contribution in [0.15, 0.2) is 72.8 Å². The molecule has 0 saturated carbocycles. The third-order valence-electron chi connectivity index (χ3n) is 5.31.